The molecule has 1 aliphatic heterocycles. The van der Waals surface area contributed by atoms with Crippen molar-refractivity contribution in [1.29, 1.82) is 0 Å². The van der Waals surface area contributed by atoms with Crippen LogP contribution in [0.2, 0.25) is 0 Å². The highest BCUT2D eigenvalue weighted by Crippen LogP contribution is 2.50. The van der Waals surface area contributed by atoms with E-state index in [0.717, 1.165) is 6.42 Å². The lowest BCUT2D eigenvalue weighted by atomic mass is 9.62. The highest BCUT2D eigenvalue weighted by atomic mass is 35.5. The molecule has 2 rings (SSSR count). The molecule has 136 valence electrons. The van der Waals surface area contributed by atoms with E-state index in [4.69, 9.17) is 11.6 Å². The van der Waals surface area contributed by atoms with Crippen molar-refractivity contribution >= 4 is 23.9 Å². The van der Waals surface area contributed by atoms with Gasteiger partial charge in [-0.1, -0.05) is 19.9 Å². The second-order valence-corrected chi connectivity index (χ2v) is 8.40. The summed E-state index contributed by atoms with van der Waals surface area (Å²) < 4.78 is 0. The predicted octanol–water partition coefficient (Wildman–Crippen LogP) is 1.14. The number of aliphatic hydroxyl groups is 1. The Balaban J connectivity index is 2.01. The number of halogens is 1. The summed E-state index contributed by atoms with van der Waals surface area (Å²) in [5.41, 5.74) is 2.54. The molecule has 24 heavy (non-hydrogen) atoms. The molecular formula is C17H28ClN3O3. The van der Waals surface area contributed by atoms with E-state index in [9.17, 15) is 14.7 Å². The average molecular weight is 358 g/mol. The van der Waals surface area contributed by atoms with Crippen LogP contribution in [-0.2, 0) is 9.59 Å². The second kappa shape index (κ2) is 7.42. The number of hydrazine groups is 1. The van der Waals surface area contributed by atoms with Crippen LogP contribution in [0.3, 0.4) is 0 Å². The van der Waals surface area contributed by atoms with Gasteiger partial charge in [-0.25, -0.2) is 5.01 Å². The molecule has 3 unspecified atom stereocenters. The molecule has 0 bridgehead atoms. The molecule has 2 aliphatic rings. The summed E-state index contributed by atoms with van der Waals surface area (Å²) in [6.07, 6.45) is 5.08. The fraction of sp³-hybridized carbons (Fsp3) is 0.765. The number of carbonyl (C=O) groups is 2. The Morgan fingerprint density at radius 3 is 2.46 bits per heavy atom. The average Bonchev–Trinajstić information content (AvgIpc) is 2.52. The Hall–Kier alpha value is -1.11. The summed E-state index contributed by atoms with van der Waals surface area (Å²) in [5.74, 6) is -0.138. The van der Waals surface area contributed by atoms with Crippen molar-refractivity contribution in [2.45, 2.75) is 44.6 Å². The topological polar surface area (TPSA) is 72.9 Å². The van der Waals surface area contributed by atoms with Gasteiger partial charge in [0.15, 0.2) is 0 Å². The van der Waals surface area contributed by atoms with Crippen molar-refractivity contribution in [1.82, 2.24) is 15.3 Å². The van der Waals surface area contributed by atoms with Gasteiger partial charge in [-0.15, -0.1) is 11.6 Å². The molecule has 6 nitrogen and oxygen atoms in total. The zero-order chi connectivity index (χ0) is 18.0. The molecule has 2 N–H and O–H groups in total. The van der Waals surface area contributed by atoms with E-state index in [1.165, 1.54) is 0 Å². The molecule has 0 aromatic rings. The number of nitrogens with zero attached hydrogens (tertiary/aromatic N) is 2. The van der Waals surface area contributed by atoms with E-state index in [1.54, 1.807) is 16.0 Å². The van der Waals surface area contributed by atoms with E-state index in [0.29, 0.717) is 39.0 Å². The van der Waals surface area contributed by atoms with E-state index >= 15 is 0 Å². The maximum Gasteiger partial charge on any atom is 0.246 e. The van der Waals surface area contributed by atoms with Gasteiger partial charge in [0.25, 0.3) is 0 Å². The van der Waals surface area contributed by atoms with Gasteiger partial charge in [0.1, 0.15) is 0 Å². The zero-order valence-corrected chi connectivity index (χ0v) is 15.4. The number of nitrogens with one attached hydrogen (secondary N) is 1. The normalized spacial score (nSPS) is 34.3. The summed E-state index contributed by atoms with van der Waals surface area (Å²) in [6, 6.07) is 0. The van der Waals surface area contributed by atoms with Gasteiger partial charge in [0.05, 0.1) is 11.0 Å². The van der Waals surface area contributed by atoms with Gasteiger partial charge in [0, 0.05) is 32.1 Å². The lowest BCUT2D eigenvalue weighted by Gasteiger charge is -2.49. The number of piperazine rings is 1. The summed E-state index contributed by atoms with van der Waals surface area (Å²) in [5, 5.41) is 12.0. The number of carbonyl (C=O) groups excluding carboxylic acids is 2. The number of hydrogen-bond donors (Lipinski definition) is 2. The van der Waals surface area contributed by atoms with Gasteiger partial charge in [-0.2, -0.15) is 0 Å². The fourth-order valence-corrected chi connectivity index (χ4v) is 4.26. The number of allylic oxidation sites excluding steroid dienone is 1. The summed E-state index contributed by atoms with van der Waals surface area (Å²) >= 11 is 6.62. The van der Waals surface area contributed by atoms with Crippen LogP contribution in [0.4, 0.5) is 0 Å². The standard InChI is InChI=1S/C17H28ClN3O3/c1-16(2)7-6-14(23)17(3,18)13(16)4-5-15(24)20-8-10-21(11-9-20)19-12-22/h4-5,12-14,23H,6-11H2,1-3H3,(H,19,22). The van der Waals surface area contributed by atoms with Crippen molar-refractivity contribution in [3.8, 4) is 0 Å². The van der Waals surface area contributed by atoms with Crippen molar-refractivity contribution in [2.24, 2.45) is 11.3 Å². The first kappa shape index (κ1) is 19.2. The smallest absolute Gasteiger partial charge is 0.246 e. The number of aliphatic hydroxyl groups excluding tert-OH is 1. The third-order valence-corrected chi connectivity index (χ3v) is 5.91. The maximum atomic E-state index is 12.4. The second-order valence-electron chi connectivity index (χ2n) is 7.59. The SMILES string of the molecule is CC1(C)CCC(O)C(C)(Cl)C1C=CC(=O)N1CCN(NC=O)CC1. The monoisotopic (exact) mass is 357 g/mol. The summed E-state index contributed by atoms with van der Waals surface area (Å²) in [7, 11) is 0. The molecular weight excluding hydrogens is 330 g/mol. The van der Waals surface area contributed by atoms with E-state index in [-0.39, 0.29) is 17.2 Å². The first-order valence-corrected chi connectivity index (χ1v) is 8.85. The van der Waals surface area contributed by atoms with Crippen LogP contribution in [0.15, 0.2) is 12.2 Å². The van der Waals surface area contributed by atoms with Crippen LogP contribution in [0.1, 0.15) is 33.6 Å². The van der Waals surface area contributed by atoms with Crippen LogP contribution < -0.4 is 5.43 Å². The van der Waals surface area contributed by atoms with Gasteiger partial charge in [0.2, 0.25) is 12.3 Å². The molecule has 1 aliphatic carbocycles. The Bertz CT molecular complexity index is 499. The Labute approximate surface area is 148 Å². The van der Waals surface area contributed by atoms with Gasteiger partial charge in [-0.05, 0) is 31.3 Å². The molecule has 1 saturated heterocycles. The molecule has 0 aromatic carbocycles. The van der Waals surface area contributed by atoms with Gasteiger partial charge >= 0.3 is 0 Å². The van der Waals surface area contributed by atoms with Crippen LogP contribution in [-0.4, -0.2) is 64.5 Å². The molecule has 0 spiro atoms. The molecule has 0 aromatic heterocycles. The first-order chi connectivity index (χ1) is 11.2. The quantitative estimate of drug-likeness (QED) is 0.449. The Kier molecular flexibility index (Phi) is 5.94. The number of rotatable bonds is 4. The highest BCUT2D eigenvalue weighted by Gasteiger charge is 2.49. The lowest BCUT2D eigenvalue weighted by molar-refractivity contribution is -0.128. The minimum atomic E-state index is -0.773. The minimum absolute atomic E-state index is 0.0518. The number of amides is 2. The first-order valence-electron chi connectivity index (χ1n) is 8.47. The largest absolute Gasteiger partial charge is 0.391 e. The van der Waals surface area contributed by atoms with Crippen molar-refractivity contribution in [3.63, 3.8) is 0 Å². The van der Waals surface area contributed by atoms with Crippen LogP contribution in [0.5, 0.6) is 0 Å². The summed E-state index contributed by atoms with van der Waals surface area (Å²) in [6.45, 7) is 8.46. The van der Waals surface area contributed by atoms with Gasteiger partial charge < -0.3 is 10.0 Å². The van der Waals surface area contributed by atoms with Crippen molar-refractivity contribution in [2.75, 3.05) is 26.2 Å². The fourth-order valence-electron chi connectivity index (χ4n) is 3.78. The van der Waals surface area contributed by atoms with Gasteiger partial charge in [-0.3, -0.25) is 15.0 Å². The predicted molar refractivity (Wildman–Crippen MR) is 93.3 cm³/mol. The van der Waals surface area contributed by atoms with E-state index < -0.39 is 11.0 Å². The highest BCUT2D eigenvalue weighted by molar-refractivity contribution is 6.24. The molecule has 2 fully saturated rings. The molecule has 1 heterocycles. The Morgan fingerprint density at radius 2 is 1.88 bits per heavy atom. The van der Waals surface area contributed by atoms with Crippen molar-refractivity contribution in [3.05, 3.63) is 12.2 Å². The van der Waals surface area contributed by atoms with Crippen LogP contribution in [0, 0.1) is 11.3 Å². The van der Waals surface area contributed by atoms with Crippen LogP contribution >= 0.6 is 11.6 Å². The Morgan fingerprint density at radius 1 is 1.25 bits per heavy atom. The molecule has 3 atom stereocenters. The third-order valence-electron chi connectivity index (χ3n) is 5.42. The lowest BCUT2D eigenvalue weighted by Crippen LogP contribution is -2.53. The molecule has 1 saturated carbocycles. The summed E-state index contributed by atoms with van der Waals surface area (Å²) in [4.78, 5) is 23.9. The van der Waals surface area contributed by atoms with Crippen molar-refractivity contribution < 1.29 is 14.7 Å². The zero-order valence-electron chi connectivity index (χ0n) is 14.7. The minimum Gasteiger partial charge on any atom is -0.391 e. The maximum absolute atomic E-state index is 12.4. The molecule has 2 amide bonds. The molecule has 7 heteroatoms. The van der Waals surface area contributed by atoms with Crippen LogP contribution in [0.25, 0.3) is 0 Å². The van der Waals surface area contributed by atoms with E-state index in [1.807, 2.05) is 13.0 Å². The number of hydrogen-bond acceptors (Lipinski definition) is 4. The van der Waals surface area contributed by atoms with E-state index in [2.05, 4.69) is 19.3 Å². The molecule has 0 radical (unpaired) electrons. The third kappa shape index (κ3) is 4.10. The number of alkyl halides is 1.